The van der Waals surface area contributed by atoms with Gasteiger partial charge in [-0.1, -0.05) is 41.9 Å². The summed E-state index contributed by atoms with van der Waals surface area (Å²) in [6, 6.07) is 27.8. The molecule has 0 unspecified atom stereocenters. The van der Waals surface area contributed by atoms with Gasteiger partial charge in [0, 0.05) is 27.8 Å². The van der Waals surface area contributed by atoms with Crippen molar-refractivity contribution in [2.24, 2.45) is 5.84 Å². The molecule has 0 bridgehead atoms. The number of methoxy groups -OCH3 is 3. The first kappa shape index (κ1) is 25.9. The first-order chi connectivity index (χ1) is 18.5. The number of carbonyl (C=O) groups is 1. The maximum atomic E-state index is 13.0. The average Bonchev–Trinajstić information content (AvgIpc) is 2.98. The van der Waals surface area contributed by atoms with Crippen LogP contribution in [0.2, 0.25) is 0 Å². The molecule has 4 aromatic carbocycles. The van der Waals surface area contributed by atoms with E-state index < -0.39 is 5.91 Å². The van der Waals surface area contributed by atoms with Gasteiger partial charge in [-0.05, 0) is 72.8 Å². The summed E-state index contributed by atoms with van der Waals surface area (Å²) in [5.74, 6) is 19.4. The summed E-state index contributed by atoms with van der Waals surface area (Å²) < 4.78 is 16.0. The Morgan fingerprint density at radius 2 is 1.05 bits per heavy atom. The zero-order valence-corrected chi connectivity index (χ0v) is 21.3. The molecular weight excluding hydrogens is 476 g/mol. The topological polar surface area (TPSA) is 74.0 Å². The maximum absolute atomic E-state index is 13.0. The normalized spacial score (nSPS) is 9.79. The second-order valence-electron chi connectivity index (χ2n) is 8.08. The molecule has 0 atom stereocenters. The van der Waals surface area contributed by atoms with Crippen LogP contribution in [-0.2, 0) is 0 Å². The Bertz CT molecular complexity index is 1510. The van der Waals surface area contributed by atoms with Crippen molar-refractivity contribution in [1.29, 1.82) is 0 Å². The number of amides is 1. The zero-order valence-electron chi connectivity index (χ0n) is 21.3. The number of hydrogen-bond acceptors (Lipinski definition) is 5. The molecule has 6 nitrogen and oxygen atoms in total. The first-order valence-corrected chi connectivity index (χ1v) is 11.7. The highest BCUT2D eigenvalue weighted by atomic mass is 16.5. The number of carbonyl (C=O) groups excluding carboxylic acids is 1. The maximum Gasteiger partial charge on any atom is 0.272 e. The van der Waals surface area contributed by atoms with Gasteiger partial charge in [-0.25, -0.2) is 10.9 Å². The lowest BCUT2D eigenvalue weighted by molar-refractivity contribution is 0.0986. The molecule has 4 aromatic rings. The van der Waals surface area contributed by atoms with Gasteiger partial charge in [0.1, 0.15) is 0 Å². The van der Waals surface area contributed by atoms with Gasteiger partial charge in [-0.2, -0.15) is 0 Å². The first-order valence-electron chi connectivity index (χ1n) is 11.7. The average molecular weight is 503 g/mol. The zero-order chi connectivity index (χ0) is 26.9. The fourth-order valence-corrected chi connectivity index (χ4v) is 3.61. The number of anilines is 1. The second-order valence-corrected chi connectivity index (χ2v) is 8.08. The third-order valence-corrected chi connectivity index (χ3v) is 5.64. The van der Waals surface area contributed by atoms with E-state index in [1.54, 1.807) is 24.3 Å². The third kappa shape index (κ3) is 6.14. The Morgan fingerprint density at radius 3 is 1.47 bits per heavy atom. The quantitative estimate of drug-likeness (QED) is 0.179. The molecule has 2 N–H and O–H groups in total. The molecule has 0 aliphatic carbocycles. The van der Waals surface area contributed by atoms with Crippen molar-refractivity contribution >= 4 is 11.6 Å². The summed E-state index contributed by atoms with van der Waals surface area (Å²) in [7, 11) is 4.47. The van der Waals surface area contributed by atoms with Crippen molar-refractivity contribution in [3.8, 4) is 40.9 Å². The fraction of sp³-hybridized carbons (Fsp3) is 0.0938. The minimum Gasteiger partial charge on any atom is -0.493 e. The van der Waals surface area contributed by atoms with Crippen LogP contribution in [0.1, 0.15) is 32.6 Å². The Morgan fingerprint density at radius 1 is 0.632 bits per heavy atom. The van der Waals surface area contributed by atoms with Crippen LogP contribution in [-0.4, -0.2) is 27.2 Å². The smallest absolute Gasteiger partial charge is 0.272 e. The molecule has 0 aliphatic heterocycles. The second kappa shape index (κ2) is 12.2. The number of ether oxygens (including phenoxy) is 3. The minimum atomic E-state index is -0.432. The molecule has 0 saturated heterocycles. The molecule has 0 fully saturated rings. The number of hydrazine groups is 1. The summed E-state index contributed by atoms with van der Waals surface area (Å²) in [6.07, 6.45) is 0. The van der Waals surface area contributed by atoms with Crippen molar-refractivity contribution in [3.05, 3.63) is 119 Å². The van der Waals surface area contributed by atoms with Crippen molar-refractivity contribution in [2.45, 2.75) is 0 Å². The van der Waals surface area contributed by atoms with Crippen LogP contribution >= 0.6 is 0 Å². The van der Waals surface area contributed by atoms with Crippen LogP contribution in [0, 0.1) is 23.7 Å². The number of benzene rings is 4. The highest BCUT2D eigenvalue weighted by Gasteiger charge is 2.20. The van der Waals surface area contributed by atoms with Crippen LogP contribution in [0.25, 0.3) is 0 Å². The highest BCUT2D eigenvalue weighted by Crippen LogP contribution is 2.38. The van der Waals surface area contributed by atoms with Crippen LogP contribution in [0.15, 0.2) is 91.0 Å². The van der Waals surface area contributed by atoms with E-state index >= 15 is 0 Å². The van der Waals surface area contributed by atoms with E-state index in [9.17, 15) is 4.79 Å². The van der Waals surface area contributed by atoms with Crippen LogP contribution < -0.4 is 25.1 Å². The molecule has 0 radical (unpaired) electrons. The van der Waals surface area contributed by atoms with Crippen molar-refractivity contribution < 1.29 is 19.0 Å². The third-order valence-electron chi connectivity index (χ3n) is 5.64. The fourth-order valence-electron chi connectivity index (χ4n) is 3.61. The standard InChI is InChI=1S/C32H26N2O4/c1-36-29-21-27(22-30(37-2)31(29)38-3)32(35)34(33)28-19-17-26(18-20-28)16-15-25-13-11-24(12-14-25)10-9-23-7-5-4-6-8-23/h4-8,11-14,17-22H,33H2,1-3H3. The lowest BCUT2D eigenvalue weighted by Gasteiger charge is -2.19. The van der Waals surface area contributed by atoms with E-state index in [-0.39, 0.29) is 0 Å². The van der Waals surface area contributed by atoms with Gasteiger partial charge in [0.05, 0.1) is 27.0 Å². The van der Waals surface area contributed by atoms with E-state index in [0.29, 0.717) is 28.5 Å². The van der Waals surface area contributed by atoms with Crippen molar-refractivity contribution in [1.82, 2.24) is 0 Å². The summed E-state index contributed by atoms with van der Waals surface area (Å²) in [5.41, 5.74) is 4.36. The van der Waals surface area contributed by atoms with Gasteiger partial charge in [-0.3, -0.25) is 4.79 Å². The number of rotatable bonds is 5. The van der Waals surface area contributed by atoms with E-state index in [0.717, 1.165) is 27.3 Å². The Kier molecular flexibility index (Phi) is 8.31. The molecule has 188 valence electrons. The highest BCUT2D eigenvalue weighted by molar-refractivity contribution is 6.06. The van der Waals surface area contributed by atoms with Gasteiger partial charge in [0.2, 0.25) is 5.75 Å². The molecular formula is C32H26N2O4. The SMILES string of the molecule is COc1cc(C(=O)N(N)c2ccc(C#Cc3ccc(C#Cc4ccccc4)cc3)cc2)cc(OC)c1OC. The molecule has 0 spiro atoms. The van der Waals surface area contributed by atoms with Gasteiger partial charge in [-0.15, -0.1) is 0 Å². The monoisotopic (exact) mass is 502 g/mol. The lowest BCUT2D eigenvalue weighted by atomic mass is 10.1. The molecule has 1 amide bonds. The summed E-state index contributed by atoms with van der Waals surface area (Å²) in [6.45, 7) is 0. The van der Waals surface area contributed by atoms with Gasteiger partial charge in [0.15, 0.2) is 11.5 Å². The largest absolute Gasteiger partial charge is 0.493 e. The van der Waals surface area contributed by atoms with Crippen molar-refractivity contribution in [2.75, 3.05) is 26.3 Å². The van der Waals surface area contributed by atoms with Crippen LogP contribution in [0.4, 0.5) is 5.69 Å². The molecule has 0 aromatic heterocycles. The summed E-state index contributed by atoms with van der Waals surface area (Å²) in [5, 5.41) is 1.06. The predicted molar refractivity (Wildman–Crippen MR) is 148 cm³/mol. The van der Waals surface area contributed by atoms with E-state index in [1.165, 1.54) is 21.3 Å². The Balaban J connectivity index is 1.45. The van der Waals surface area contributed by atoms with Crippen LogP contribution in [0.5, 0.6) is 17.2 Å². The Hall–Kier alpha value is -5.17. The number of nitrogens with zero attached hydrogens (tertiary/aromatic N) is 1. The number of nitrogens with two attached hydrogens (primary N) is 1. The molecule has 6 heteroatoms. The van der Waals surface area contributed by atoms with Crippen LogP contribution in [0.3, 0.4) is 0 Å². The lowest BCUT2D eigenvalue weighted by Crippen LogP contribution is -2.37. The van der Waals surface area contributed by atoms with E-state index in [2.05, 4.69) is 23.7 Å². The number of hydrogen-bond donors (Lipinski definition) is 1. The van der Waals surface area contributed by atoms with E-state index in [4.69, 9.17) is 20.1 Å². The van der Waals surface area contributed by atoms with Gasteiger partial charge >= 0.3 is 0 Å². The minimum absolute atomic E-state index is 0.294. The van der Waals surface area contributed by atoms with Gasteiger partial charge in [0.25, 0.3) is 5.91 Å². The molecule has 0 saturated carbocycles. The molecule has 38 heavy (non-hydrogen) atoms. The predicted octanol–water partition coefficient (Wildman–Crippen LogP) is 5.03. The summed E-state index contributed by atoms with van der Waals surface area (Å²) in [4.78, 5) is 13.0. The molecule has 0 heterocycles. The molecule has 4 rings (SSSR count). The summed E-state index contributed by atoms with van der Waals surface area (Å²) >= 11 is 0. The van der Waals surface area contributed by atoms with Crippen molar-refractivity contribution in [3.63, 3.8) is 0 Å². The Labute approximate surface area is 222 Å². The van der Waals surface area contributed by atoms with E-state index in [1.807, 2.05) is 66.7 Å². The van der Waals surface area contributed by atoms with Gasteiger partial charge < -0.3 is 14.2 Å². The molecule has 0 aliphatic rings.